The monoisotopic (exact) mass is 276 g/mol. The number of aryl methyl sites for hydroxylation is 1. The van der Waals surface area contributed by atoms with Gasteiger partial charge in [0.1, 0.15) is 5.56 Å². The first-order valence-electron chi connectivity index (χ1n) is 6.41. The average molecular weight is 276 g/mol. The third-order valence-corrected chi connectivity index (χ3v) is 2.83. The van der Waals surface area contributed by atoms with Gasteiger partial charge in [-0.2, -0.15) is 0 Å². The Morgan fingerprint density at radius 3 is 2.90 bits per heavy atom. The highest BCUT2D eigenvalue weighted by Crippen LogP contribution is 2.31. The van der Waals surface area contributed by atoms with Crippen LogP contribution >= 0.6 is 0 Å². The number of rotatable bonds is 6. The van der Waals surface area contributed by atoms with Crippen molar-refractivity contribution in [2.24, 2.45) is 0 Å². The highest BCUT2D eigenvalue weighted by molar-refractivity contribution is 5.70. The van der Waals surface area contributed by atoms with Crippen LogP contribution in [0.2, 0.25) is 0 Å². The predicted molar refractivity (Wildman–Crippen MR) is 73.1 cm³/mol. The van der Waals surface area contributed by atoms with Crippen LogP contribution in [0, 0.1) is 17.0 Å². The van der Waals surface area contributed by atoms with E-state index in [1.807, 2.05) is 0 Å². The Labute approximate surface area is 116 Å². The second kappa shape index (κ2) is 6.25. The van der Waals surface area contributed by atoms with Gasteiger partial charge >= 0.3 is 0 Å². The molecule has 0 fully saturated rings. The second-order valence-electron chi connectivity index (χ2n) is 4.40. The molecule has 7 heteroatoms. The molecule has 1 heterocycles. The predicted octanol–water partition coefficient (Wildman–Crippen LogP) is 2.45. The molecule has 1 aromatic heterocycles. The molecule has 0 aliphatic carbocycles. The smallest absolute Gasteiger partial charge is 0.282 e. The van der Waals surface area contributed by atoms with Crippen LogP contribution in [0.25, 0.3) is 11.5 Å². The van der Waals surface area contributed by atoms with Crippen LogP contribution < -0.4 is 5.32 Å². The van der Waals surface area contributed by atoms with E-state index in [-0.39, 0.29) is 11.6 Å². The van der Waals surface area contributed by atoms with Crippen molar-refractivity contribution in [3.05, 3.63) is 39.8 Å². The molecule has 2 aromatic rings. The minimum atomic E-state index is -0.443. The molecular weight excluding hydrogens is 260 g/mol. The molecule has 7 nitrogen and oxygen atoms in total. The van der Waals surface area contributed by atoms with Crippen LogP contribution in [-0.4, -0.2) is 21.7 Å². The minimum absolute atomic E-state index is 0.0262. The van der Waals surface area contributed by atoms with Gasteiger partial charge in [-0.1, -0.05) is 19.1 Å². The van der Waals surface area contributed by atoms with E-state index in [1.165, 1.54) is 6.07 Å². The summed E-state index contributed by atoms with van der Waals surface area (Å²) in [4.78, 5) is 10.6. The molecule has 1 aromatic carbocycles. The van der Waals surface area contributed by atoms with Gasteiger partial charge in [0, 0.05) is 6.07 Å². The van der Waals surface area contributed by atoms with Crippen molar-refractivity contribution in [2.45, 2.75) is 26.8 Å². The van der Waals surface area contributed by atoms with Crippen molar-refractivity contribution in [1.29, 1.82) is 0 Å². The molecule has 0 bridgehead atoms. The number of nitrogens with zero attached hydrogens (tertiary/aromatic N) is 3. The maximum absolute atomic E-state index is 11.1. The zero-order chi connectivity index (χ0) is 14.5. The summed E-state index contributed by atoms with van der Waals surface area (Å²) in [5.41, 5.74) is 1.09. The fourth-order valence-corrected chi connectivity index (χ4v) is 1.88. The molecule has 20 heavy (non-hydrogen) atoms. The Hall–Kier alpha value is -2.28. The zero-order valence-electron chi connectivity index (χ0n) is 11.4. The van der Waals surface area contributed by atoms with Crippen molar-refractivity contribution in [3.63, 3.8) is 0 Å². The molecule has 0 amide bonds. The molecule has 0 saturated carbocycles. The summed E-state index contributed by atoms with van der Waals surface area (Å²) >= 11 is 0. The molecule has 0 aliphatic rings. The Bertz CT molecular complexity index is 609. The normalized spacial score (nSPS) is 10.7. The van der Waals surface area contributed by atoms with Gasteiger partial charge in [0.05, 0.1) is 11.5 Å². The van der Waals surface area contributed by atoms with Crippen LogP contribution in [0.4, 0.5) is 5.69 Å². The molecule has 0 radical (unpaired) electrons. The van der Waals surface area contributed by atoms with E-state index >= 15 is 0 Å². The topological polar surface area (TPSA) is 94.1 Å². The van der Waals surface area contributed by atoms with Crippen LogP contribution in [-0.2, 0) is 6.54 Å². The van der Waals surface area contributed by atoms with E-state index in [2.05, 4.69) is 22.4 Å². The van der Waals surface area contributed by atoms with Crippen LogP contribution in [0.5, 0.6) is 0 Å². The fraction of sp³-hybridized carbons (Fsp3) is 0.385. The largest absolute Gasteiger partial charge is 0.419 e. The second-order valence-corrected chi connectivity index (χ2v) is 4.40. The molecule has 0 saturated heterocycles. The maximum Gasteiger partial charge on any atom is 0.282 e. The molecule has 0 spiro atoms. The number of nitro groups is 1. The van der Waals surface area contributed by atoms with Gasteiger partial charge in [-0.3, -0.25) is 10.1 Å². The molecule has 2 rings (SSSR count). The van der Waals surface area contributed by atoms with Crippen LogP contribution in [0.3, 0.4) is 0 Å². The first-order valence-corrected chi connectivity index (χ1v) is 6.41. The summed E-state index contributed by atoms with van der Waals surface area (Å²) < 4.78 is 5.50. The van der Waals surface area contributed by atoms with E-state index in [4.69, 9.17) is 4.42 Å². The molecule has 106 valence electrons. The summed E-state index contributed by atoms with van der Waals surface area (Å²) in [5.74, 6) is 0.606. The Balaban J connectivity index is 2.30. The van der Waals surface area contributed by atoms with Gasteiger partial charge in [-0.25, -0.2) is 0 Å². The molecule has 0 unspecified atom stereocenters. The van der Waals surface area contributed by atoms with Gasteiger partial charge < -0.3 is 9.73 Å². The summed E-state index contributed by atoms with van der Waals surface area (Å²) in [6.07, 6.45) is 1.00. The number of nitro benzene ring substituents is 1. The third-order valence-electron chi connectivity index (χ3n) is 2.83. The SMILES string of the molecule is CCCNCc1nnc(-c2c(C)cccc2[N+](=O)[O-])o1. The highest BCUT2D eigenvalue weighted by atomic mass is 16.6. The van der Waals surface area contributed by atoms with Crippen molar-refractivity contribution in [2.75, 3.05) is 6.54 Å². The van der Waals surface area contributed by atoms with Gasteiger partial charge in [0.2, 0.25) is 5.89 Å². The minimum Gasteiger partial charge on any atom is -0.419 e. The van der Waals surface area contributed by atoms with Crippen molar-refractivity contribution < 1.29 is 9.34 Å². The first kappa shape index (κ1) is 14.1. The van der Waals surface area contributed by atoms with Gasteiger partial charge in [0.15, 0.2) is 0 Å². The molecule has 0 aliphatic heterocycles. The molecular formula is C13H16N4O3. The third kappa shape index (κ3) is 3.00. The zero-order valence-corrected chi connectivity index (χ0v) is 11.4. The van der Waals surface area contributed by atoms with Crippen LogP contribution in [0.15, 0.2) is 22.6 Å². The molecule has 1 N–H and O–H groups in total. The van der Waals surface area contributed by atoms with E-state index in [9.17, 15) is 10.1 Å². The van der Waals surface area contributed by atoms with Gasteiger partial charge in [-0.05, 0) is 25.5 Å². The van der Waals surface area contributed by atoms with E-state index in [0.717, 1.165) is 18.5 Å². The van der Waals surface area contributed by atoms with E-state index < -0.39 is 4.92 Å². The van der Waals surface area contributed by atoms with Crippen molar-refractivity contribution in [1.82, 2.24) is 15.5 Å². The maximum atomic E-state index is 11.1. The fourth-order valence-electron chi connectivity index (χ4n) is 1.88. The lowest BCUT2D eigenvalue weighted by molar-refractivity contribution is -0.384. The Kier molecular flexibility index (Phi) is 4.41. The summed E-state index contributed by atoms with van der Waals surface area (Å²) in [5, 5.41) is 22.0. The van der Waals surface area contributed by atoms with E-state index in [1.54, 1.807) is 19.1 Å². The number of benzene rings is 1. The van der Waals surface area contributed by atoms with Gasteiger partial charge in [0.25, 0.3) is 11.6 Å². The number of hydrogen-bond acceptors (Lipinski definition) is 6. The Morgan fingerprint density at radius 1 is 1.40 bits per heavy atom. The summed E-state index contributed by atoms with van der Waals surface area (Å²) in [6.45, 7) is 5.15. The Morgan fingerprint density at radius 2 is 2.20 bits per heavy atom. The number of aromatic nitrogens is 2. The standard InChI is InChI=1S/C13H16N4O3/c1-3-7-14-8-11-15-16-13(20-11)12-9(2)5-4-6-10(12)17(18)19/h4-6,14H,3,7-8H2,1-2H3. The molecule has 0 atom stereocenters. The lowest BCUT2D eigenvalue weighted by atomic mass is 10.1. The number of nitrogens with one attached hydrogen (secondary N) is 1. The first-order chi connectivity index (χ1) is 9.63. The van der Waals surface area contributed by atoms with Crippen molar-refractivity contribution >= 4 is 5.69 Å². The summed E-state index contributed by atoms with van der Waals surface area (Å²) in [7, 11) is 0. The summed E-state index contributed by atoms with van der Waals surface area (Å²) in [6, 6.07) is 4.85. The lowest BCUT2D eigenvalue weighted by Crippen LogP contribution is -2.13. The number of hydrogen-bond donors (Lipinski definition) is 1. The van der Waals surface area contributed by atoms with Crippen molar-refractivity contribution in [3.8, 4) is 11.5 Å². The highest BCUT2D eigenvalue weighted by Gasteiger charge is 2.22. The van der Waals surface area contributed by atoms with Crippen LogP contribution in [0.1, 0.15) is 24.8 Å². The lowest BCUT2D eigenvalue weighted by Gasteiger charge is -2.02. The van der Waals surface area contributed by atoms with E-state index in [0.29, 0.717) is 18.0 Å². The van der Waals surface area contributed by atoms with Gasteiger partial charge in [-0.15, -0.1) is 10.2 Å². The average Bonchev–Trinajstić information content (AvgIpc) is 2.87. The quantitative estimate of drug-likeness (QED) is 0.494.